The lowest BCUT2D eigenvalue weighted by Gasteiger charge is -2.13. The van der Waals surface area contributed by atoms with Gasteiger partial charge in [0.05, 0.1) is 4.92 Å². The molecule has 2 rings (SSSR count). The van der Waals surface area contributed by atoms with E-state index in [0.717, 1.165) is 13.0 Å². The summed E-state index contributed by atoms with van der Waals surface area (Å²) in [6, 6.07) is 12.0. The van der Waals surface area contributed by atoms with Gasteiger partial charge in [0.15, 0.2) is 0 Å². The molecule has 0 heterocycles. The predicted octanol–water partition coefficient (Wildman–Crippen LogP) is 3.09. The summed E-state index contributed by atoms with van der Waals surface area (Å²) in [5.41, 5.74) is 0.654. The molecule has 0 saturated heterocycles. The number of nitro groups is 1. The number of benzene rings is 2. The number of rotatable bonds is 9. The molecule has 9 heteroatoms. The van der Waals surface area contributed by atoms with Gasteiger partial charge >= 0.3 is 0 Å². The Balaban J connectivity index is 2.20. The summed E-state index contributed by atoms with van der Waals surface area (Å²) in [6.07, 6.45) is 2.24. The van der Waals surface area contributed by atoms with Crippen LogP contribution in [0.25, 0.3) is 6.08 Å². The molecular formula is C21H23ClN4O4. The number of nitrogens with one attached hydrogen (secondary N) is 2. The molecule has 2 aromatic carbocycles. The van der Waals surface area contributed by atoms with E-state index in [0.29, 0.717) is 17.1 Å². The van der Waals surface area contributed by atoms with Crippen LogP contribution < -0.4 is 10.6 Å². The van der Waals surface area contributed by atoms with Crippen molar-refractivity contribution < 1.29 is 14.5 Å². The Morgan fingerprint density at radius 3 is 2.40 bits per heavy atom. The Kier molecular flexibility index (Phi) is 8.52. The molecule has 8 nitrogen and oxygen atoms in total. The predicted molar refractivity (Wildman–Crippen MR) is 116 cm³/mol. The fourth-order valence-electron chi connectivity index (χ4n) is 2.53. The molecule has 0 aromatic heterocycles. The lowest BCUT2D eigenvalue weighted by atomic mass is 10.1. The van der Waals surface area contributed by atoms with Crippen LogP contribution in [0.2, 0.25) is 5.02 Å². The van der Waals surface area contributed by atoms with Crippen LogP contribution in [0.4, 0.5) is 5.69 Å². The highest BCUT2D eigenvalue weighted by Gasteiger charge is 2.16. The molecule has 2 amide bonds. The largest absolute Gasteiger partial charge is 0.351 e. The molecule has 0 radical (unpaired) electrons. The van der Waals surface area contributed by atoms with Gasteiger partial charge in [0, 0.05) is 29.3 Å². The fourth-order valence-corrected chi connectivity index (χ4v) is 2.72. The second kappa shape index (κ2) is 11.1. The maximum Gasteiger partial charge on any atom is 0.269 e. The van der Waals surface area contributed by atoms with Gasteiger partial charge in [0.2, 0.25) is 0 Å². The minimum atomic E-state index is -0.563. The second-order valence-corrected chi connectivity index (χ2v) is 7.16. The van der Waals surface area contributed by atoms with Crippen LogP contribution >= 0.6 is 11.6 Å². The first-order chi connectivity index (χ1) is 14.3. The van der Waals surface area contributed by atoms with Crippen molar-refractivity contribution in [3.63, 3.8) is 0 Å². The van der Waals surface area contributed by atoms with Crippen LogP contribution in [0.3, 0.4) is 0 Å². The molecule has 0 spiro atoms. The fraction of sp³-hybridized carbons (Fsp3) is 0.238. The van der Waals surface area contributed by atoms with Gasteiger partial charge in [0.25, 0.3) is 17.5 Å². The van der Waals surface area contributed by atoms with Gasteiger partial charge in [-0.3, -0.25) is 19.7 Å². The number of nitrogens with zero attached hydrogens (tertiary/aromatic N) is 2. The molecule has 0 fully saturated rings. The van der Waals surface area contributed by atoms with Crippen molar-refractivity contribution in [3.8, 4) is 0 Å². The lowest BCUT2D eigenvalue weighted by molar-refractivity contribution is -0.384. The third-order valence-electron chi connectivity index (χ3n) is 4.11. The number of halogens is 1. The van der Waals surface area contributed by atoms with E-state index >= 15 is 0 Å². The van der Waals surface area contributed by atoms with Crippen molar-refractivity contribution >= 4 is 35.2 Å². The Labute approximate surface area is 179 Å². The van der Waals surface area contributed by atoms with E-state index in [9.17, 15) is 19.7 Å². The number of hydrogen-bond donors (Lipinski definition) is 2. The SMILES string of the molecule is CN(C)CCCNC(=O)/C(=C/c1ccccc1Cl)NC(=O)c1ccc([N+](=O)[O-])cc1. The maximum absolute atomic E-state index is 12.7. The summed E-state index contributed by atoms with van der Waals surface area (Å²) >= 11 is 6.18. The van der Waals surface area contributed by atoms with Gasteiger partial charge in [-0.1, -0.05) is 29.8 Å². The summed E-state index contributed by atoms with van der Waals surface area (Å²) < 4.78 is 0. The van der Waals surface area contributed by atoms with Gasteiger partial charge in [-0.05, 0) is 56.9 Å². The summed E-state index contributed by atoms with van der Waals surface area (Å²) in [4.78, 5) is 37.5. The average molecular weight is 431 g/mol. The summed E-state index contributed by atoms with van der Waals surface area (Å²) in [5.74, 6) is -1.02. The van der Waals surface area contributed by atoms with E-state index in [4.69, 9.17) is 11.6 Å². The number of non-ortho nitro benzene ring substituents is 1. The van der Waals surface area contributed by atoms with E-state index in [2.05, 4.69) is 10.6 Å². The summed E-state index contributed by atoms with van der Waals surface area (Å²) in [5, 5.41) is 16.6. The Hall–Kier alpha value is -3.23. The molecule has 0 atom stereocenters. The zero-order valence-electron chi connectivity index (χ0n) is 16.7. The van der Waals surface area contributed by atoms with Crippen LogP contribution in [0.1, 0.15) is 22.3 Å². The molecule has 2 aromatic rings. The van der Waals surface area contributed by atoms with Gasteiger partial charge in [-0.15, -0.1) is 0 Å². The van der Waals surface area contributed by atoms with Crippen LogP contribution in [0, 0.1) is 10.1 Å². The quantitative estimate of drug-likeness (QED) is 0.275. The van der Waals surface area contributed by atoms with E-state index in [1.807, 2.05) is 19.0 Å². The molecule has 0 unspecified atom stereocenters. The van der Waals surface area contributed by atoms with Gasteiger partial charge in [-0.25, -0.2) is 0 Å². The number of hydrogen-bond acceptors (Lipinski definition) is 5. The Bertz CT molecular complexity index is 942. The monoisotopic (exact) mass is 430 g/mol. The summed E-state index contributed by atoms with van der Waals surface area (Å²) in [6.45, 7) is 1.24. The molecule has 0 aliphatic rings. The van der Waals surface area contributed by atoms with E-state index in [1.165, 1.54) is 30.3 Å². The molecule has 0 bridgehead atoms. The molecule has 158 valence electrons. The second-order valence-electron chi connectivity index (χ2n) is 6.75. The molecule has 0 saturated carbocycles. The van der Waals surface area contributed by atoms with Gasteiger partial charge < -0.3 is 15.5 Å². The van der Waals surface area contributed by atoms with E-state index in [1.54, 1.807) is 24.3 Å². The number of carbonyl (C=O) groups excluding carboxylic acids is 2. The highest BCUT2D eigenvalue weighted by Crippen LogP contribution is 2.18. The standard InChI is InChI=1S/C21H23ClN4O4/c1-25(2)13-5-12-23-21(28)19(14-16-6-3-4-7-18(16)22)24-20(27)15-8-10-17(11-9-15)26(29)30/h3-4,6-11,14H,5,12-13H2,1-2H3,(H,23,28)(H,24,27)/b19-14-. The van der Waals surface area contributed by atoms with Gasteiger partial charge in [-0.2, -0.15) is 0 Å². The molecule has 0 aliphatic heterocycles. The van der Waals surface area contributed by atoms with Crippen molar-refractivity contribution in [2.24, 2.45) is 0 Å². The smallest absolute Gasteiger partial charge is 0.269 e. The number of carbonyl (C=O) groups is 2. The van der Waals surface area contributed by atoms with Crippen LogP contribution in [0.5, 0.6) is 0 Å². The van der Waals surface area contributed by atoms with Crippen LogP contribution in [-0.2, 0) is 4.79 Å². The van der Waals surface area contributed by atoms with Crippen molar-refractivity contribution in [2.45, 2.75) is 6.42 Å². The van der Waals surface area contributed by atoms with Crippen LogP contribution in [0.15, 0.2) is 54.2 Å². The Morgan fingerprint density at radius 2 is 1.80 bits per heavy atom. The van der Waals surface area contributed by atoms with Gasteiger partial charge in [0.1, 0.15) is 5.70 Å². The first-order valence-electron chi connectivity index (χ1n) is 9.23. The topological polar surface area (TPSA) is 105 Å². The van der Waals surface area contributed by atoms with Crippen molar-refractivity contribution in [2.75, 3.05) is 27.2 Å². The highest BCUT2D eigenvalue weighted by molar-refractivity contribution is 6.32. The minimum absolute atomic E-state index is 0.0244. The average Bonchev–Trinajstić information content (AvgIpc) is 2.72. The molecule has 30 heavy (non-hydrogen) atoms. The number of amides is 2. The maximum atomic E-state index is 12.7. The van der Waals surface area contributed by atoms with Crippen LogP contribution in [-0.4, -0.2) is 48.8 Å². The zero-order valence-corrected chi connectivity index (χ0v) is 17.5. The first kappa shape index (κ1) is 23.1. The molecule has 0 aliphatic carbocycles. The molecule has 2 N–H and O–H groups in total. The Morgan fingerprint density at radius 1 is 1.13 bits per heavy atom. The lowest BCUT2D eigenvalue weighted by Crippen LogP contribution is -2.36. The third kappa shape index (κ3) is 6.98. The van der Waals surface area contributed by atoms with Crippen molar-refractivity contribution in [1.29, 1.82) is 0 Å². The third-order valence-corrected chi connectivity index (χ3v) is 4.45. The van der Waals surface area contributed by atoms with Crippen molar-refractivity contribution in [3.05, 3.63) is 80.5 Å². The van der Waals surface area contributed by atoms with E-state index < -0.39 is 16.7 Å². The number of nitro benzene ring substituents is 1. The highest BCUT2D eigenvalue weighted by atomic mass is 35.5. The molecular weight excluding hydrogens is 408 g/mol. The van der Waals surface area contributed by atoms with E-state index in [-0.39, 0.29) is 16.9 Å². The first-order valence-corrected chi connectivity index (χ1v) is 9.60. The normalized spacial score (nSPS) is 11.3. The summed E-state index contributed by atoms with van der Waals surface area (Å²) in [7, 11) is 3.88. The zero-order chi connectivity index (χ0) is 22.1. The minimum Gasteiger partial charge on any atom is -0.351 e. The van der Waals surface area contributed by atoms with Crippen molar-refractivity contribution in [1.82, 2.24) is 15.5 Å².